The molecule has 11 heteroatoms. The van der Waals surface area contributed by atoms with E-state index in [2.05, 4.69) is 15.3 Å². The van der Waals surface area contributed by atoms with Crippen LogP contribution in [0, 0.1) is 6.92 Å². The van der Waals surface area contributed by atoms with Crippen molar-refractivity contribution in [1.29, 1.82) is 0 Å². The van der Waals surface area contributed by atoms with E-state index in [1.807, 2.05) is 30.3 Å². The number of aryl methyl sites for hydroxylation is 1. The molecule has 0 spiro atoms. The minimum absolute atomic E-state index is 0.0827. The van der Waals surface area contributed by atoms with Gasteiger partial charge in [0, 0.05) is 33.5 Å². The van der Waals surface area contributed by atoms with E-state index in [0.29, 0.717) is 33.6 Å². The Bertz CT molecular complexity index is 1560. The summed E-state index contributed by atoms with van der Waals surface area (Å²) >= 11 is 10.4. The molecule has 0 saturated heterocycles. The van der Waals surface area contributed by atoms with Crippen LogP contribution in [0.25, 0.3) is 15.9 Å². The molecule has 0 radical (unpaired) electrons. The van der Waals surface area contributed by atoms with Gasteiger partial charge in [0.2, 0.25) is 5.91 Å². The predicted molar refractivity (Wildman–Crippen MR) is 138 cm³/mol. The van der Waals surface area contributed by atoms with Gasteiger partial charge in [-0.2, -0.15) is 0 Å². The number of anilines is 1. The van der Waals surface area contributed by atoms with Crippen molar-refractivity contribution in [3.8, 4) is 0 Å². The van der Waals surface area contributed by atoms with Crippen molar-refractivity contribution in [3.63, 3.8) is 0 Å². The van der Waals surface area contributed by atoms with Crippen LogP contribution in [0.1, 0.15) is 11.5 Å². The molecular formula is C23H17ClN4O3S3. The summed E-state index contributed by atoms with van der Waals surface area (Å²) in [5.41, 5.74) is 2.51. The number of thiazole rings is 1. The maximum absolute atomic E-state index is 12.4. The van der Waals surface area contributed by atoms with E-state index in [0.717, 1.165) is 25.1 Å². The predicted octanol–water partition coefficient (Wildman–Crippen LogP) is 5.88. The summed E-state index contributed by atoms with van der Waals surface area (Å²) in [6.45, 7) is 1.78. The number of carbonyl (C=O) groups excluding carboxylic acids is 1. The minimum atomic E-state index is -0.243. The number of fused-ring (bicyclic) bond motifs is 2. The Morgan fingerprint density at radius 2 is 1.94 bits per heavy atom. The van der Waals surface area contributed by atoms with Gasteiger partial charge >= 0.3 is 0 Å². The minimum Gasteiger partial charge on any atom is -0.375 e. The number of thioether (sulfide) groups is 2. The number of hydrogen-bond donors (Lipinski definition) is 1. The summed E-state index contributed by atoms with van der Waals surface area (Å²) in [4.78, 5) is 34.7. The summed E-state index contributed by atoms with van der Waals surface area (Å²) in [6.07, 6.45) is 0. The van der Waals surface area contributed by atoms with Gasteiger partial charge in [0.25, 0.3) is 5.56 Å². The van der Waals surface area contributed by atoms with Gasteiger partial charge in [-0.25, -0.2) is 9.97 Å². The molecule has 0 saturated carbocycles. The largest absolute Gasteiger partial charge is 0.375 e. The highest BCUT2D eigenvalue weighted by molar-refractivity contribution is 8.00. The number of carbonyl (C=O) groups is 1. The lowest BCUT2D eigenvalue weighted by atomic mass is 10.3. The molecule has 172 valence electrons. The average Bonchev–Trinajstić information content (AvgIpc) is 3.39. The van der Waals surface area contributed by atoms with Crippen molar-refractivity contribution in [3.05, 3.63) is 81.4 Å². The number of benzene rings is 2. The Morgan fingerprint density at radius 3 is 2.76 bits per heavy atom. The van der Waals surface area contributed by atoms with Crippen LogP contribution in [-0.2, 0) is 10.5 Å². The van der Waals surface area contributed by atoms with Crippen molar-refractivity contribution in [2.75, 3.05) is 11.1 Å². The van der Waals surface area contributed by atoms with Crippen LogP contribution in [0.5, 0.6) is 0 Å². The van der Waals surface area contributed by atoms with Crippen molar-refractivity contribution in [2.24, 2.45) is 0 Å². The molecule has 3 aromatic heterocycles. The number of nitrogens with one attached hydrogen (secondary N) is 1. The summed E-state index contributed by atoms with van der Waals surface area (Å²) in [5.74, 6) is 1.37. The first-order chi connectivity index (χ1) is 16.4. The second-order valence-electron chi connectivity index (χ2n) is 7.33. The fraction of sp³-hybridized carbons (Fsp3) is 0.130. The number of hydrogen-bond acceptors (Lipinski definition) is 8. The van der Waals surface area contributed by atoms with Crippen LogP contribution < -0.4 is 10.9 Å². The van der Waals surface area contributed by atoms with E-state index in [1.54, 1.807) is 25.1 Å². The Kier molecular flexibility index (Phi) is 6.64. The van der Waals surface area contributed by atoms with Gasteiger partial charge in [-0.15, -0.1) is 27.7 Å². The molecule has 0 bridgehead atoms. The van der Waals surface area contributed by atoms with Crippen molar-refractivity contribution in [1.82, 2.24) is 14.5 Å². The fourth-order valence-corrected chi connectivity index (χ4v) is 6.03. The third-order valence-electron chi connectivity index (χ3n) is 4.70. The Balaban J connectivity index is 1.22. The number of rotatable bonds is 7. The summed E-state index contributed by atoms with van der Waals surface area (Å²) in [5, 5.41) is 3.61. The van der Waals surface area contributed by atoms with E-state index in [9.17, 15) is 9.59 Å². The van der Waals surface area contributed by atoms with Crippen LogP contribution in [0.15, 0.2) is 73.2 Å². The van der Waals surface area contributed by atoms with Gasteiger partial charge < -0.3 is 9.84 Å². The smallest absolute Gasteiger partial charge is 0.287 e. The number of halogens is 1. The van der Waals surface area contributed by atoms with Crippen LogP contribution in [-0.4, -0.2) is 26.2 Å². The maximum Gasteiger partial charge on any atom is 0.287 e. The van der Waals surface area contributed by atoms with Crippen LogP contribution >= 0.6 is 46.5 Å². The first-order valence-corrected chi connectivity index (χ1v) is 13.3. The Morgan fingerprint density at radius 1 is 1.12 bits per heavy atom. The molecule has 5 rings (SSSR count). The number of nitrogens with zero attached hydrogens (tertiary/aromatic N) is 3. The van der Waals surface area contributed by atoms with Crippen molar-refractivity contribution >= 4 is 73.9 Å². The van der Waals surface area contributed by atoms with Gasteiger partial charge in [0.15, 0.2) is 9.99 Å². The molecule has 0 atom stereocenters. The quantitative estimate of drug-likeness (QED) is 0.264. The maximum atomic E-state index is 12.4. The summed E-state index contributed by atoms with van der Waals surface area (Å²) in [7, 11) is 0. The summed E-state index contributed by atoms with van der Waals surface area (Å²) < 4.78 is 8.35. The second kappa shape index (κ2) is 9.83. The van der Waals surface area contributed by atoms with Gasteiger partial charge in [-0.3, -0.25) is 9.59 Å². The van der Waals surface area contributed by atoms with E-state index in [1.165, 1.54) is 45.5 Å². The molecule has 7 nitrogen and oxygen atoms in total. The molecule has 1 N–H and O–H groups in total. The fourth-order valence-electron chi connectivity index (χ4n) is 3.20. The topological polar surface area (TPSA) is 89.5 Å². The molecule has 0 unspecified atom stereocenters. The molecule has 0 fully saturated rings. The monoisotopic (exact) mass is 528 g/mol. The highest BCUT2D eigenvalue weighted by Crippen LogP contribution is 2.33. The van der Waals surface area contributed by atoms with Crippen LogP contribution in [0.2, 0.25) is 5.02 Å². The highest BCUT2D eigenvalue weighted by Gasteiger charge is 2.11. The zero-order valence-corrected chi connectivity index (χ0v) is 21.0. The van der Waals surface area contributed by atoms with E-state index in [-0.39, 0.29) is 11.5 Å². The molecule has 0 aliphatic carbocycles. The molecule has 34 heavy (non-hydrogen) atoms. The highest BCUT2D eigenvalue weighted by atomic mass is 35.5. The van der Waals surface area contributed by atoms with Crippen LogP contribution in [0.3, 0.4) is 0 Å². The lowest BCUT2D eigenvalue weighted by Gasteiger charge is -2.05. The first kappa shape index (κ1) is 23.0. The molecule has 0 aliphatic rings. The van der Waals surface area contributed by atoms with Gasteiger partial charge in [0.1, 0.15) is 5.76 Å². The number of amides is 1. The lowest BCUT2D eigenvalue weighted by Crippen LogP contribution is -2.13. The van der Waals surface area contributed by atoms with Crippen molar-refractivity contribution in [2.45, 2.75) is 21.9 Å². The first-order valence-electron chi connectivity index (χ1n) is 10.1. The van der Waals surface area contributed by atoms with E-state index < -0.39 is 0 Å². The molecule has 5 aromatic rings. The van der Waals surface area contributed by atoms with Gasteiger partial charge in [-0.05, 0) is 49.4 Å². The standard InChI is InChI=1S/C23H17ClN4O3S3/c1-13-8-20-25-16(10-22(30)28(20)31-13)11-33-23-27-18-7-4-15(9-19(18)34-23)26-21(29)12-32-17-5-2-14(24)3-6-17/h2-10H,11-12H2,1H3,(H,26,29). The van der Waals surface area contributed by atoms with Gasteiger partial charge in [0.05, 0.1) is 21.7 Å². The third-order valence-corrected chi connectivity index (χ3v) is 8.16. The van der Waals surface area contributed by atoms with E-state index in [4.69, 9.17) is 16.1 Å². The number of aromatic nitrogens is 3. The molecular weight excluding hydrogens is 512 g/mol. The molecule has 3 heterocycles. The normalized spacial score (nSPS) is 11.4. The Labute approximate surface area is 211 Å². The SMILES string of the molecule is Cc1cc2nc(CSc3nc4ccc(NC(=O)CSc5ccc(Cl)cc5)cc4s3)cc(=O)n2o1. The zero-order valence-electron chi connectivity index (χ0n) is 17.8. The Hall–Kier alpha value is -2.79. The average molecular weight is 529 g/mol. The van der Waals surface area contributed by atoms with Crippen LogP contribution in [0.4, 0.5) is 5.69 Å². The van der Waals surface area contributed by atoms with Gasteiger partial charge in [-0.1, -0.05) is 23.4 Å². The molecule has 0 aliphatic heterocycles. The molecule has 2 aromatic carbocycles. The van der Waals surface area contributed by atoms with Crippen molar-refractivity contribution < 1.29 is 9.32 Å². The molecule has 1 amide bonds. The zero-order chi connectivity index (χ0) is 23.7. The second-order valence-corrected chi connectivity index (χ2v) is 11.1. The van der Waals surface area contributed by atoms with E-state index >= 15 is 0 Å². The summed E-state index contributed by atoms with van der Waals surface area (Å²) in [6, 6.07) is 16.3. The third kappa shape index (κ3) is 5.30. The lowest BCUT2D eigenvalue weighted by molar-refractivity contribution is -0.113.